The molecule has 2 rings (SSSR count). The van der Waals surface area contributed by atoms with Crippen LogP contribution < -0.4 is 0 Å². The molecule has 1 saturated heterocycles. The number of Topliss-reactive ketones (excluding diaryl/α,β-unsaturated/α-hetero) is 1. The molecule has 0 bridgehead atoms. The van der Waals surface area contributed by atoms with Crippen LogP contribution in [0.15, 0.2) is 35.3 Å². The quantitative estimate of drug-likeness (QED) is 0.764. The lowest BCUT2D eigenvalue weighted by atomic mass is 9.82. The van der Waals surface area contributed by atoms with Crippen LogP contribution in [0.4, 0.5) is 0 Å². The highest BCUT2D eigenvalue weighted by atomic mass is 16.5. The fraction of sp³-hybridized carbons (Fsp3) is 0.588. The van der Waals surface area contributed by atoms with E-state index in [-0.39, 0.29) is 11.7 Å². The van der Waals surface area contributed by atoms with Gasteiger partial charge in [-0.15, -0.1) is 0 Å². The van der Waals surface area contributed by atoms with Gasteiger partial charge in [-0.3, -0.25) is 4.79 Å². The van der Waals surface area contributed by atoms with Crippen molar-refractivity contribution >= 4 is 5.78 Å². The maximum Gasteiger partial charge on any atom is 0.172 e. The maximum atomic E-state index is 12.5. The van der Waals surface area contributed by atoms with Crippen molar-refractivity contribution in [1.82, 2.24) is 0 Å². The molecule has 1 heterocycles. The third kappa shape index (κ3) is 3.97. The smallest absolute Gasteiger partial charge is 0.172 e. The van der Waals surface area contributed by atoms with E-state index in [4.69, 9.17) is 4.74 Å². The van der Waals surface area contributed by atoms with Crippen LogP contribution in [0.3, 0.4) is 0 Å². The van der Waals surface area contributed by atoms with E-state index in [1.807, 2.05) is 6.08 Å². The molecule has 21 heavy (non-hydrogen) atoms. The second-order valence-electron chi connectivity index (χ2n) is 5.92. The van der Waals surface area contributed by atoms with E-state index in [9.17, 15) is 15.0 Å². The number of carbonyl (C=O) groups excluding carboxylic acids is 1. The molecule has 2 N–H and O–H groups in total. The molecule has 0 saturated carbocycles. The van der Waals surface area contributed by atoms with Gasteiger partial charge in [-0.25, -0.2) is 0 Å². The van der Waals surface area contributed by atoms with Crippen molar-refractivity contribution in [2.75, 3.05) is 6.61 Å². The zero-order valence-corrected chi connectivity index (χ0v) is 12.7. The van der Waals surface area contributed by atoms with E-state index in [1.165, 1.54) is 0 Å². The highest BCUT2D eigenvalue weighted by Crippen LogP contribution is 2.33. The van der Waals surface area contributed by atoms with Crippen molar-refractivity contribution in [2.45, 2.75) is 45.6 Å². The normalized spacial score (nSPS) is 27.4. The van der Waals surface area contributed by atoms with E-state index in [0.29, 0.717) is 36.0 Å². The number of rotatable bonds is 5. The van der Waals surface area contributed by atoms with E-state index in [0.717, 1.165) is 19.3 Å². The molecular formula is C17H24O4. The fourth-order valence-corrected chi connectivity index (χ4v) is 2.85. The first-order valence-electron chi connectivity index (χ1n) is 7.64. The Morgan fingerprint density at radius 3 is 3.00 bits per heavy atom. The van der Waals surface area contributed by atoms with Crippen LogP contribution in [0.1, 0.15) is 39.5 Å². The maximum absolute atomic E-state index is 12.5. The summed E-state index contributed by atoms with van der Waals surface area (Å²) in [5.74, 6) is 1.23. The first kappa shape index (κ1) is 15.8. The van der Waals surface area contributed by atoms with Crippen molar-refractivity contribution in [2.24, 2.45) is 11.8 Å². The Morgan fingerprint density at radius 1 is 1.57 bits per heavy atom. The highest BCUT2D eigenvalue weighted by Gasteiger charge is 2.34. The summed E-state index contributed by atoms with van der Waals surface area (Å²) < 4.78 is 5.65. The van der Waals surface area contributed by atoms with Crippen molar-refractivity contribution in [1.29, 1.82) is 0 Å². The number of hydrogen-bond acceptors (Lipinski definition) is 4. The van der Waals surface area contributed by atoms with Crippen molar-refractivity contribution in [3.63, 3.8) is 0 Å². The first-order valence-corrected chi connectivity index (χ1v) is 7.64. The lowest BCUT2D eigenvalue weighted by molar-refractivity contribution is -0.123. The number of allylic oxidation sites excluding steroid dienone is 3. The molecule has 0 radical (unpaired) electrons. The van der Waals surface area contributed by atoms with Gasteiger partial charge in [0.25, 0.3) is 0 Å². The molecule has 2 aliphatic rings. The Bertz CT molecular complexity index is 483. The van der Waals surface area contributed by atoms with Crippen molar-refractivity contribution in [3.8, 4) is 0 Å². The van der Waals surface area contributed by atoms with Crippen molar-refractivity contribution in [3.05, 3.63) is 35.3 Å². The largest absolute Gasteiger partial charge is 0.513 e. The second-order valence-corrected chi connectivity index (χ2v) is 5.92. The number of fused-ring (bicyclic) bond motifs is 1. The molecule has 1 aliphatic heterocycles. The summed E-state index contributed by atoms with van der Waals surface area (Å²) >= 11 is 0. The second kappa shape index (κ2) is 6.94. The number of ether oxygens (including phenoxy) is 1. The van der Waals surface area contributed by atoms with E-state index < -0.39 is 6.10 Å². The number of aliphatic hydroxyl groups excluding tert-OH is 2. The average molecular weight is 292 g/mol. The predicted molar refractivity (Wildman–Crippen MR) is 80.6 cm³/mol. The van der Waals surface area contributed by atoms with E-state index >= 15 is 0 Å². The summed E-state index contributed by atoms with van der Waals surface area (Å²) in [7, 11) is 0. The van der Waals surface area contributed by atoms with E-state index in [1.54, 1.807) is 19.1 Å². The minimum absolute atomic E-state index is 0.124. The molecular weight excluding hydrogens is 268 g/mol. The van der Waals surface area contributed by atoms with Crippen LogP contribution in [0.5, 0.6) is 0 Å². The van der Waals surface area contributed by atoms with Gasteiger partial charge in [0.2, 0.25) is 0 Å². The van der Waals surface area contributed by atoms with Crippen LogP contribution >= 0.6 is 0 Å². The summed E-state index contributed by atoms with van der Waals surface area (Å²) in [6.45, 7) is 4.14. The molecule has 3 unspecified atom stereocenters. The predicted octanol–water partition coefficient (Wildman–Crippen LogP) is 3.05. The van der Waals surface area contributed by atoms with Gasteiger partial charge >= 0.3 is 0 Å². The molecule has 4 heteroatoms. The summed E-state index contributed by atoms with van der Waals surface area (Å²) in [5, 5.41) is 18.8. The molecule has 3 atom stereocenters. The minimum Gasteiger partial charge on any atom is -0.513 e. The lowest BCUT2D eigenvalue weighted by Gasteiger charge is -2.30. The monoisotopic (exact) mass is 292 g/mol. The van der Waals surface area contributed by atoms with Gasteiger partial charge in [0.05, 0.1) is 30.0 Å². The van der Waals surface area contributed by atoms with Crippen molar-refractivity contribution < 1.29 is 19.7 Å². The van der Waals surface area contributed by atoms with Gasteiger partial charge in [0.1, 0.15) is 5.76 Å². The highest BCUT2D eigenvalue weighted by molar-refractivity contribution is 6.01. The topological polar surface area (TPSA) is 66.8 Å². The van der Waals surface area contributed by atoms with Crippen LogP contribution in [0.25, 0.3) is 0 Å². The molecule has 0 amide bonds. The van der Waals surface area contributed by atoms with Gasteiger partial charge in [-0.05, 0) is 44.3 Å². The summed E-state index contributed by atoms with van der Waals surface area (Å²) in [4.78, 5) is 12.5. The number of carbonyl (C=O) groups is 1. The molecule has 116 valence electrons. The molecule has 1 aliphatic carbocycles. The third-order valence-corrected chi connectivity index (χ3v) is 4.19. The molecule has 1 fully saturated rings. The van der Waals surface area contributed by atoms with E-state index in [2.05, 4.69) is 6.92 Å². The van der Waals surface area contributed by atoms with Crippen LogP contribution in [-0.2, 0) is 9.53 Å². The van der Waals surface area contributed by atoms with Gasteiger partial charge in [0.15, 0.2) is 5.78 Å². The molecule has 0 aromatic heterocycles. The Labute approximate surface area is 125 Å². The fourth-order valence-electron chi connectivity index (χ4n) is 2.85. The Hall–Kier alpha value is -1.55. The molecule has 0 spiro atoms. The standard InChI is InChI=1S/C17H24O4/c1-3-12(5-4-11(2)18)8-13-10-21-16-9-14(19)6-7-15(16)17(13)20/h4,7,9,12-14,18-19H,3,5-6,8,10H2,1-2H3/b11-4+. The Kier molecular flexibility index (Phi) is 5.23. The Balaban J connectivity index is 2.01. The van der Waals surface area contributed by atoms with Gasteiger partial charge in [0, 0.05) is 0 Å². The summed E-state index contributed by atoms with van der Waals surface area (Å²) in [5.41, 5.74) is 0.625. The number of hydrogen-bond donors (Lipinski definition) is 2. The first-order chi connectivity index (χ1) is 10.0. The molecule has 0 aromatic rings. The molecule has 0 aromatic carbocycles. The van der Waals surface area contributed by atoms with Crippen LogP contribution in [-0.4, -0.2) is 28.7 Å². The van der Waals surface area contributed by atoms with Gasteiger partial charge < -0.3 is 14.9 Å². The number of ketones is 1. The average Bonchev–Trinajstić information content (AvgIpc) is 2.45. The minimum atomic E-state index is -0.547. The van der Waals surface area contributed by atoms with Crippen LogP contribution in [0.2, 0.25) is 0 Å². The van der Waals surface area contributed by atoms with Crippen LogP contribution in [0, 0.1) is 11.8 Å². The zero-order valence-electron chi connectivity index (χ0n) is 12.7. The van der Waals surface area contributed by atoms with Gasteiger partial charge in [-0.2, -0.15) is 0 Å². The third-order valence-electron chi connectivity index (χ3n) is 4.19. The SMILES string of the molecule is CCC(C/C=C(\C)O)CC1COC2=CC(O)CC=C2C1=O. The Morgan fingerprint density at radius 2 is 2.33 bits per heavy atom. The number of aliphatic hydroxyl groups is 2. The summed E-state index contributed by atoms with van der Waals surface area (Å²) in [6.07, 6.45) is 7.66. The van der Waals surface area contributed by atoms with Gasteiger partial charge in [-0.1, -0.05) is 19.4 Å². The lowest BCUT2D eigenvalue weighted by Crippen LogP contribution is -2.32. The molecule has 4 nitrogen and oxygen atoms in total. The summed E-state index contributed by atoms with van der Waals surface area (Å²) in [6, 6.07) is 0. The zero-order chi connectivity index (χ0) is 15.4.